The molecular weight excluding hydrogens is 270 g/mol. The van der Waals surface area contributed by atoms with E-state index in [0.29, 0.717) is 0 Å². The van der Waals surface area contributed by atoms with Gasteiger partial charge in [-0.2, -0.15) is 5.10 Å². The third-order valence-electron chi connectivity index (χ3n) is 2.84. The fourth-order valence-electron chi connectivity index (χ4n) is 1.83. The maximum Gasteiger partial charge on any atom is 0.339 e. The van der Waals surface area contributed by atoms with Crippen LogP contribution >= 0.6 is 11.3 Å². The molecule has 104 valence electrons. The Morgan fingerprint density at radius 3 is 2.45 bits per heavy atom. The first-order chi connectivity index (χ1) is 9.56. The molecule has 4 nitrogen and oxygen atoms in total. The first-order valence-electron chi connectivity index (χ1n) is 6.29. The van der Waals surface area contributed by atoms with Gasteiger partial charge < -0.3 is 5.32 Å². The van der Waals surface area contributed by atoms with Crippen LogP contribution in [0.3, 0.4) is 0 Å². The van der Waals surface area contributed by atoms with E-state index in [1.54, 1.807) is 17.6 Å². The fourth-order valence-corrected chi connectivity index (χ4v) is 2.58. The monoisotopic (exact) mass is 287 g/mol. The number of benzene rings is 1. The van der Waals surface area contributed by atoms with Gasteiger partial charge in [-0.1, -0.05) is 18.2 Å². The van der Waals surface area contributed by atoms with Crippen molar-refractivity contribution in [1.29, 1.82) is 0 Å². The highest BCUT2D eigenvalue weighted by molar-refractivity contribution is 7.13. The summed E-state index contributed by atoms with van der Waals surface area (Å²) in [5, 5.41) is 6.74. The van der Waals surface area contributed by atoms with Crippen molar-refractivity contribution in [3.05, 3.63) is 51.2 Å². The summed E-state index contributed by atoms with van der Waals surface area (Å²) in [5.74, 6) is 0. The van der Waals surface area contributed by atoms with Crippen LogP contribution in [0, 0.1) is 20.8 Å². The number of urea groups is 1. The average molecular weight is 287 g/mol. The molecule has 0 atom stereocenters. The van der Waals surface area contributed by atoms with Gasteiger partial charge in [0.05, 0.1) is 6.21 Å². The Morgan fingerprint density at radius 2 is 1.85 bits per heavy atom. The second-order valence-corrected chi connectivity index (χ2v) is 5.86. The molecule has 20 heavy (non-hydrogen) atoms. The van der Waals surface area contributed by atoms with E-state index in [0.717, 1.165) is 21.7 Å². The van der Waals surface area contributed by atoms with E-state index in [1.165, 1.54) is 4.88 Å². The molecule has 0 unspecified atom stereocenters. The molecule has 0 saturated heterocycles. The number of nitrogens with one attached hydrogen (secondary N) is 2. The van der Waals surface area contributed by atoms with Crippen LogP contribution < -0.4 is 10.7 Å². The Morgan fingerprint density at radius 1 is 1.15 bits per heavy atom. The number of anilines is 1. The number of carbonyl (C=O) groups excluding carboxylic acids is 1. The van der Waals surface area contributed by atoms with E-state index < -0.39 is 0 Å². The number of amides is 2. The third-order valence-corrected chi connectivity index (χ3v) is 3.77. The summed E-state index contributed by atoms with van der Waals surface area (Å²) in [6.07, 6.45) is 1.64. The van der Waals surface area contributed by atoms with Gasteiger partial charge in [0.2, 0.25) is 0 Å². The molecular formula is C15H17N3OS. The van der Waals surface area contributed by atoms with Crippen LogP contribution in [0.1, 0.15) is 20.9 Å². The van der Waals surface area contributed by atoms with Gasteiger partial charge in [0.15, 0.2) is 0 Å². The Bertz CT molecular complexity index is 626. The van der Waals surface area contributed by atoms with Gasteiger partial charge in [0, 0.05) is 15.4 Å². The first-order valence-corrected chi connectivity index (χ1v) is 7.10. The Kier molecular flexibility index (Phi) is 4.53. The van der Waals surface area contributed by atoms with Gasteiger partial charge in [0.1, 0.15) is 0 Å². The molecule has 2 N–H and O–H groups in total. The SMILES string of the molecule is Cc1ccc(/C=N/NC(=O)Nc2c(C)cccc2C)s1. The van der Waals surface area contributed by atoms with E-state index in [2.05, 4.69) is 15.8 Å². The number of carbonyl (C=O) groups is 1. The van der Waals surface area contributed by atoms with Crippen molar-refractivity contribution in [2.45, 2.75) is 20.8 Å². The standard InChI is InChI=1S/C15H17N3OS/c1-10-5-4-6-11(2)14(10)17-15(19)18-16-9-13-8-7-12(3)20-13/h4-9H,1-3H3,(H2,17,18,19)/b16-9+. The molecule has 0 fully saturated rings. The molecule has 0 radical (unpaired) electrons. The molecule has 1 aromatic heterocycles. The third kappa shape index (κ3) is 3.68. The molecule has 5 heteroatoms. The maximum atomic E-state index is 11.8. The molecule has 2 amide bonds. The second-order valence-electron chi connectivity index (χ2n) is 4.54. The number of aryl methyl sites for hydroxylation is 3. The average Bonchev–Trinajstić information content (AvgIpc) is 2.80. The van der Waals surface area contributed by atoms with Crippen molar-refractivity contribution in [2.24, 2.45) is 5.10 Å². The van der Waals surface area contributed by atoms with Gasteiger partial charge >= 0.3 is 6.03 Å². The van der Waals surface area contributed by atoms with Gasteiger partial charge in [-0.3, -0.25) is 0 Å². The van der Waals surface area contributed by atoms with Crippen LogP contribution in [-0.4, -0.2) is 12.2 Å². The Labute approximate surface area is 122 Å². The fraction of sp³-hybridized carbons (Fsp3) is 0.200. The zero-order valence-corrected chi connectivity index (χ0v) is 12.5. The van der Waals surface area contributed by atoms with E-state index in [9.17, 15) is 4.79 Å². The summed E-state index contributed by atoms with van der Waals surface area (Å²) in [5.41, 5.74) is 5.35. The van der Waals surface area contributed by atoms with Crippen LogP contribution in [-0.2, 0) is 0 Å². The summed E-state index contributed by atoms with van der Waals surface area (Å²) < 4.78 is 0. The largest absolute Gasteiger partial charge is 0.339 e. The molecule has 0 spiro atoms. The lowest BCUT2D eigenvalue weighted by atomic mass is 10.1. The summed E-state index contributed by atoms with van der Waals surface area (Å²) in [6, 6.07) is 9.52. The van der Waals surface area contributed by atoms with E-state index in [4.69, 9.17) is 0 Å². The number of hydrogen-bond donors (Lipinski definition) is 2. The minimum absolute atomic E-state index is 0.341. The van der Waals surface area contributed by atoms with Crippen molar-refractivity contribution in [1.82, 2.24) is 5.43 Å². The highest BCUT2D eigenvalue weighted by Crippen LogP contribution is 2.19. The van der Waals surface area contributed by atoms with Crippen LogP contribution in [0.5, 0.6) is 0 Å². The van der Waals surface area contributed by atoms with Crippen LogP contribution in [0.25, 0.3) is 0 Å². The Balaban J connectivity index is 1.94. The molecule has 0 aliphatic rings. The van der Waals surface area contributed by atoms with Gasteiger partial charge in [-0.05, 0) is 44.0 Å². The van der Waals surface area contributed by atoms with Crippen molar-refractivity contribution >= 4 is 29.3 Å². The predicted octanol–water partition coefficient (Wildman–Crippen LogP) is 3.83. The van der Waals surface area contributed by atoms with Gasteiger partial charge in [0.25, 0.3) is 0 Å². The van der Waals surface area contributed by atoms with E-state index in [1.807, 2.05) is 51.1 Å². The molecule has 2 rings (SSSR count). The second kappa shape index (κ2) is 6.34. The smallest absolute Gasteiger partial charge is 0.306 e. The van der Waals surface area contributed by atoms with Crippen LogP contribution in [0.2, 0.25) is 0 Å². The summed E-state index contributed by atoms with van der Waals surface area (Å²) in [4.78, 5) is 14.0. The number of rotatable bonds is 3. The molecule has 0 bridgehead atoms. The van der Waals surface area contributed by atoms with Crippen molar-refractivity contribution in [2.75, 3.05) is 5.32 Å². The number of nitrogens with zero attached hydrogens (tertiary/aromatic N) is 1. The number of hydrazone groups is 1. The van der Waals surface area contributed by atoms with Gasteiger partial charge in [-0.25, -0.2) is 10.2 Å². The first kappa shape index (κ1) is 14.3. The zero-order chi connectivity index (χ0) is 14.5. The lowest BCUT2D eigenvalue weighted by Gasteiger charge is -2.10. The summed E-state index contributed by atoms with van der Waals surface area (Å²) in [7, 11) is 0. The van der Waals surface area contributed by atoms with Crippen molar-refractivity contribution < 1.29 is 4.79 Å². The predicted molar refractivity (Wildman–Crippen MR) is 84.7 cm³/mol. The lowest BCUT2D eigenvalue weighted by molar-refractivity contribution is 0.252. The highest BCUT2D eigenvalue weighted by atomic mass is 32.1. The topological polar surface area (TPSA) is 53.5 Å². The number of thiophene rings is 1. The number of hydrogen-bond acceptors (Lipinski definition) is 3. The zero-order valence-electron chi connectivity index (χ0n) is 11.7. The minimum atomic E-state index is -0.341. The molecule has 1 heterocycles. The number of para-hydroxylation sites is 1. The molecule has 1 aromatic carbocycles. The summed E-state index contributed by atoms with van der Waals surface area (Å²) in [6.45, 7) is 5.95. The molecule has 0 saturated carbocycles. The Hall–Kier alpha value is -2.14. The maximum absolute atomic E-state index is 11.8. The van der Waals surface area contributed by atoms with Crippen LogP contribution in [0.4, 0.5) is 10.5 Å². The molecule has 0 aliphatic heterocycles. The van der Waals surface area contributed by atoms with Gasteiger partial charge in [-0.15, -0.1) is 11.3 Å². The molecule has 0 aliphatic carbocycles. The van der Waals surface area contributed by atoms with Crippen molar-refractivity contribution in [3.63, 3.8) is 0 Å². The normalized spacial score (nSPS) is 10.8. The van der Waals surface area contributed by atoms with Crippen molar-refractivity contribution in [3.8, 4) is 0 Å². The van der Waals surface area contributed by atoms with E-state index >= 15 is 0 Å². The van der Waals surface area contributed by atoms with E-state index in [-0.39, 0.29) is 6.03 Å². The lowest BCUT2D eigenvalue weighted by Crippen LogP contribution is -2.25. The molecule has 2 aromatic rings. The summed E-state index contributed by atoms with van der Waals surface area (Å²) >= 11 is 1.63. The quantitative estimate of drug-likeness (QED) is 0.654. The highest BCUT2D eigenvalue weighted by Gasteiger charge is 2.05. The van der Waals surface area contributed by atoms with Crippen LogP contribution in [0.15, 0.2) is 35.4 Å². The minimum Gasteiger partial charge on any atom is -0.306 e.